The fraction of sp³-hybridized carbons (Fsp3) is 0.348. The number of ether oxygens (including phenoxy) is 1. The molecule has 2 aromatic carbocycles. The quantitative estimate of drug-likeness (QED) is 0.664. The van der Waals surface area contributed by atoms with E-state index in [2.05, 4.69) is 0 Å². The molecule has 4 nitrogen and oxygen atoms in total. The summed E-state index contributed by atoms with van der Waals surface area (Å²) in [5.41, 5.74) is 1.51. The van der Waals surface area contributed by atoms with Gasteiger partial charge in [0.2, 0.25) is 0 Å². The van der Waals surface area contributed by atoms with E-state index >= 15 is 0 Å². The zero-order valence-electron chi connectivity index (χ0n) is 15.6. The zero-order chi connectivity index (χ0) is 19.3. The Labute approximate surface area is 160 Å². The highest BCUT2D eigenvalue weighted by Gasteiger charge is 2.42. The van der Waals surface area contributed by atoms with Gasteiger partial charge in [0.25, 0.3) is 0 Å². The molecule has 0 fully saturated rings. The second-order valence-electron chi connectivity index (χ2n) is 7.13. The summed E-state index contributed by atoms with van der Waals surface area (Å²) in [5, 5.41) is 20.2. The van der Waals surface area contributed by atoms with Crippen LogP contribution in [0, 0.1) is 0 Å². The summed E-state index contributed by atoms with van der Waals surface area (Å²) in [6, 6.07) is 16.8. The van der Waals surface area contributed by atoms with E-state index in [0.717, 1.165) is 24.0 Å². The first-order valence-corrected chi connectivity index (χ1v) is 9.52. The Balaban J connectivity index is 1.74. The van der Waals surface area contributed by atoms with Crippen LogP contribution >= 0.6 is 0 Å². The number of hydrogen-bond acceptors (Lipinski definition) is 4. The lowest BCUT2D eigenvalue weighted by Crippen LogP contribution is -2.38. The molecule has 0 bridgehead atoms. The third-order valence-electron chi connectivity index (χ3n) is 5.09. The number of hydrogen-bond donors (Lipinski definition) is 2. The van der Waals surface area contributed by atoms with Gasteiger partial charge in [-0.05, 0) is 48.9 Å². The smallest absolute Gasteiger partial charge is 0.338 e. The van der Waals surface area contributed by atoms with Crippen LogP contribution < -0.4 is 0 Å². The van der Waals surface area contributed by atoms with Crippen LogP contribution in [0.4, 0.5) is 0 Å². The lowest BCUT2D eigenvalue weighted by Gasteiger charge is -2.37. The summed E-state index contributed by atoms with van der Waals surface area (Å²) < 4.78 is 5.91. The molecule has 0 amide bonds. The highest BCUT2D eigenvalue weighted by atomic mass is 16.6. The lowest BCUT2D eigenvalue weighted by molar-refractivity contribution is -0.161. The summed E-state index contributed by atoms with van der Waals surface area (Å²) in [6.45, 7) is 2.05. The fourth-order valence-electron chi connectivity index (χ4n) is 3.79. The number of aromatic hydroxyl groups is 1. The van der Waals surface area contributed by atoms with Gasteiger partial charge in [-0.2, -0.15) is 0 Å². The number of aliphatic hydroxyl groups excluding tert-OH is 1. The van der Waals surface area contributed by atoms with Crippen LogP contribution in [0.25, 0.3) is 0 Å². The molecule has 0 radical (unpaired) electrons. The molecule has 0 aliphatic carbocycles. The zero-order valence-corrected chi connectivity index (χ0v) is 15.6. The molecule has 1 atom stereocenters. The number of aryl methyl sites for hydroxylation is 1. The lowest BCUT2D eigenvalue weighted by atomic mass is 9.82. The second-order valence-corrected chi connectivity index (χ2v) is 7.13. The van der Waals surface area contributed by atoms with Gasteiger partial charge in [0.15, 0.2) is 0 Å². The molecule has 0 saturated heterocycles. The Bertz CT molecular complexity index is 825. The van der Waals surface area contributed by atoms with Crippen LogP contribution in [-0.4, -0.2) is 16.2 Å². The molecule has 2 N–H and O–H groups in total. The Morgan fingerprint density at radius 3 is 2.48 bits per heavy atom. The number of esters is 1. The number of benzene rings is 2. The molecular weight excluding hydrogens is 340 g/mol. The van der Waals surface area contributed by atoms with Crippen molar-refractivity contribution in [3.63, 3.8) is 0 Å². The van der Waals surface area contributed by atoms with Crippen molar-refractivity contribution in [3.05, 3.63) is 77.1 Å². The summed E-state index contributed by atoms with van der Waals surface area (Å²) in [4.78, 5) is 12.7. The third-order valence-corrected chi connectivity index (χ3v) is 5.09. The van der Waals surface area contributed by atoms with E-state index in [4.69, 9.17) is 4.74 Å². The van der Waals surface area contributed by atoms with Crippen LogP contribution in [-0.2, 0) is 21.6 Å². The molecule has 142 valence electrons. The maximum atomic E-state index is 12.7. The average Bonchev–Trinajstić information content (AvgIpc) is 2.65. The largest absolute Gasteiger partial charge is 0.512 e. The van der Waals surface area contributed by atoms with Gasteiger partial charge in [0.05, 0.1) is 5.57 Å². The first-order valence-electron chi connectivity index (χ1n) is 9.52. The molecule has 4 heteroatoms. The predicted octanol–water partition coefficient (Wildman–Crippen LogP) is 5.17. The number of carbonyl (C=O) groups is 1. The normalized spacial score (nSPS) is 19.8. The van der Waals surface area contributed by atoms with Gasteiger partial charge in [0, 0.05) is 6.42 Å². The summed E-state index contributed by atoms with van der Waals surface area (Å²) in [7, 11) is 0. The maximum Gasteiger partial charge on any atom is 0.338 e. The third kappa shape index (κ3) is 4.33. The first kappa shape index (κ1) is 19.0. The number of cyclic esters (lactones) is 1. The van der Waals surface area contributed by atoms with Gasteiger partial charge in [-0.25, -0.2) is 4.79 Å². The molecule has 0 aromatic heterocycles. The topological polar surface area (TPSA) is 66.8 Å². The number of rotatable bonds is 7. The summed E-state index contributed by atoms with van der Waals surface area (Å²) in [5.74, 6) is -0.0507. The minimum atomic E-state index is -0.786. The number of aliphatic hydroxyl groups is 1. The van der Waals surface area contributed by atoms with Crippen molar-refractivity contribution in [1.82, 2.24) is 0 Å². The van der Waals surface area contributed by atoms with Crippen molar-refractivity contribution in [3.8, 4) is 5.75 Å². The average molecular weight is 366 g/mol. The molecule has 1 heterocycles. The van der Waals surface area contributed by atoms with Gasteiger partial charge in [0.1, 0.15) is 17.1 Å². The van der Waals surface area contributed by atoms with Crippen LogP contribution in [0.15, 0.2) is 65.9 Å². The summed E-state index contributed by atoms with van der Waals surface area (Å²) >= 11 is 0. The number of carbonyl (C=O) groups excluding carboxylic acids is 1. The van der Waals surface area contributed by atoms with Crippen molar-refractivity contribution < 1.29 is 19.7 Å². The highest BCUT2D eigenvalue weighted by Crippen LogP contribution is 2.42. The molecule has 3 rings (SSSR count). The van der Waals surface area contributed by atoms with Crippen LogP contribution in [0.3, 0.4) is 0 Å². The van der Waals surface area contributed by atoms with Crippen LogP contribution in [0.1, 0.15) is 50.2 Å². The molecule has 1 aliphatic heterocycles. The molecule has 2 aromatic rings. The number of phenolic OH excluding ortho intramolecular Hbond substituents is 1. The molecular formula is C23H26O4. The van der Waals surface area contributed by atoms with E-state index in [-0.39, 0.29) is 11.5 Å². The van der Waals surface area contributed by atoms with Gasteiger partial charge in [-0.15, -0.1) is 0 Å². The van der Waals surface area contributed by atoms with Gasteiger partial charge in [-0.3, -0.25) is 0 Å². The van der Waals surface area contributed by atoms with E-state index in [0.29, 0.717) is 31.3 Å². The van der Waals surface area contributed by atoms with E-state index in [1.165, 1.54) is 0 Å². The molecule has 1 unspecified atom stereocenters. The summed E-state index contributed by atoms with van der Waals surface area (Å²) in [6.07, 6.45) is 3.71. The van der Waals surface area contributed by atoms with Crippen molar-refractivity contribution in [2.24, 2.45) is 0 Å². The van der Waals surface area contributed by atoms with Crippen LogP contribution in [0.2, 0.25) is 0 Å². The van der Waals surface area contributed by atoms with E-state index < -0.39 is 11.6 Å². The minimum Gasteiger partial charge on any atom is -0.512 e. The SMILES string of the molecule is CCCC1(c2ccccc2)CC(O)=C(CCCc2cccc(O)c2)C(=O)O1. The van der Waals surface area contributed by atoms with Gasteiger partial charge >= 0.3 is 5.97 Å². The highest BCUT2D eigenvalue weighted by molar-refractivity contribution is 5.90. The number of phenols is 1. The fourth-order valence-corrected chi connectivity index (χ4v) is 3.79. The van der Waals surface area contributed by atoms with Crippen LogP contribution in [0.5, 0.6) is 5.75 Å². The Morgan fingerprint density at radius 1 is 1.04 bits per heavy atom. The minimum absolute atomic E-state index is 0.138. The van der Waals surface area contributed by atoms with Crippen molar-refractivity contribution >= 4 is 5.97 Å². The van der Waals surface area contributed by atoms with E-state index in [1.54, 1.807) is 18.2 Å². The predicted molar refractivity (Wildman–Crippen MR) is 104 cm³/mol. The van der Waals surface area contributed by atoms with Gasteiger partial charge < -0.3 is 14.9 Å². The van der Waals surface area contributed by atoms with Crippen molar-refractivity contribution in [2.45, 2.75) is 51.0 Å². The second kappa shape index (κ2) is 8.30. The Kier molecular flexibility index (Phi) is 5.84. The van der Waals surface area contributed by atoms with Crippen molar-refractivity contribution in [1.29, 1.82) is 0 Å². The molecule has 0 spiro atoms. The van der Waals surface area contributed by atoms with Crippen molar-refractivity contribution in [2.75, 3.05) is 0 Å². The molecule has 27 heavy (non-hydrogen) atoms. The molecule has 1 aliphatic rings. The molecule has 0 saturated carbocycles. The van der Waals surface area contributed by atoms with E-state index in [9.17, 15) is 15.0 Å². The van der Waals surface area contributed by atoms with E-state index in [1.807, 2.05) is 43.3 Å². The maximum absolute atomic E-state index is 12.7. The monoisotopic (exact) mass is 366 g/mol. The Hall–Kier alpha value is -2.75. The van der Waals surface area contributed by atoms with Gasteiger partial charge in [-0.1, -0.05) is 55.8 Å². The standard InChI is InChI=1S/C23H26O4/c1-2-14-23(18-10-4-3-5-11-18)16-21(25)20(22(26)27-23)13-7-9-17-8-6-12-19(24)15-17/h3-6,8,10-12,15,24-25H,2,7,9,13-14,16H2,1H3. The Morgan fingerprint density at radius 2 is 1.81 bits per heavy atom. The first-order chi connectivity index (χ1) is 13.0.